The zero-order chi connectivity index (χ0) is 18.3. The van der Waals surface area contributed by atoms with E-state index >= 15 is 0 Å². The topological polar surface area (TPSA) is 57.4 Å². The molecule has 0 radical (unpaired) electrons. The highest BCUT2D eigenvalue weighted by Gasteiger charge is 2.09. The molecule has 0 aliphatic rings. The molecule has 4 rings (SSSR count). The highest BCUT2D eigenvalue weighted by atomic mass is 14.9. The molecule has 0 saturated heterocycles. The van der Waals surface area contributed by atoms with Crippen LogP contribution in [0.2, 0.25) is 0 Å². The first-order chi connectivity index (χ1) is 12.5. The number of nitrogens with one attached hydrogen (secondary N) is 2. The van der Waals surface area contributed by atoms with Crippen LogP contribution in [0, 0.1) is 27.7 Å². The van der Waals surface area contributed by atoms with Gasteiger partial charge in [0.15, 0.2) is 0 Å². The molecule has 0 spiro atoms. The van der Waals surface area contributed by atoms with Crippen molar-refractivity contribution >= 4 is 0 Å². The van der Waals surface area contributed by atoms with Gasteiger partial charge in [-0.05, 0) is 87.4 Å². The van der Waals surface area contributed by atoms with Crippen LogP contribution in [0.5, 0.6) is 0 Å². The largest absolute Gasteiger partial charge is 0.352 e. The second-order valence-corrected chi connectivity index (χ2v) is 6.91. The first kappa shape index (κ1) is 16.3. The van der Waals surface area contributed by atoms with Gasteiger partial charge in [-0.15, -0.1) is 0 Å². The molecule has 0 aliphatic carbocycles. The van der Waals surface area contributed by atoms with Crippen molar-refractivity contribution in [3.63, 3.8) is 0 Å². The lowest BCUT2D eigenvalue weighted by Gasteiger charge is -2.03. The molecule has 4 heteroatoms. The Kier molecular flexibility index (Phi) is 3.96. The lowest BCUT2D eigenvalue weighted by molar-refractivity contribution is 1.16. The van der Waals surface area contributed by atoms with Crippen molar-refractivity contribution in [3.8, 4) is 34.2 Å². The molecule has 4 aromatic heterocycles. The Hall–Kier alpha value is -3.14. The third-order valence-corrected chi connectivity index (χ3v) is 4.41. The van der Waals surface area contributed by atoms with Crippen LogP contribution in [-0.4, -0.2) is 19.9 Å². The van der Waals surface area contributed by atoms with Crippen molar-refractivity contribution in [2.45, 2.75) is 27.7 Å². The molecule has 0 aliphatic heterocycles. The molecule has 4 aromatic rings. The van der Waals surface area contributed by atoms with Gasteiger partial charge in [-0.25, -0.2) is 0 Å². The molecule has 4 nitrogen and oxygen atoms in total. The molecule has 4 heterocycles. The van der Waals surface area contributed by atoms with Crippen molar-refractivity contribution in [2.24, 2.45) is 0 Å². The van der Waals surface area contributed by atoms with E-state index in [0.29, 0.717) is 0 Å². The van der Waals surface area contributed by atoms with Gasteiger partial charge in [0.05, 0.1) is 34.2 Å². The van der Waals surface area contributed by atoms with Crippen LogP contribution in [0.3, 0.4) is 0 Å². The molecule has 0 bridgehead atoms. The highest BCUT2D eigenvalue weighted by molar-refractivity contribution is 5.68. The molecular weight excluding hydrogens is 320 g/mol. The van der Waals surface area contributed by atoms with Crippen LogP contribution < -0.4 is 0 Å². The van der Waals surface area contributed by atoms with E-state index in [1.165, 1.54) is 11.1 Å². The molecule has 0 saturated carbocycles. The summed E-state index contributed by atoms with van der Waals surface area (Å²) in [4.78, 5) is 16.2. The van der Waals surface area contributed by atoms with E-state index in [9.17, 15) is 0 Å². The summed E-state index contributed by atoms with van der Waals surface area (Å²) in [6, 6.07) is 16.7. The van der Waals surface area contributed by atoms with Crippen molar-refractivity contribution in [1.29, 1.82) is 0 Å². The number of aromatic amines is 2. The Labute approximate surface area is 153 Å². The molecule has 0 amide bonds. The van der Waals surface area contributed by atoms with Crippen LogP contribution in [0.1, 0.15) is 22.5 Å². The van der Waals surface area contributed by atoms with E-state index in [2.05, 4.69) is 82.3 Å². The smallest absolute Gasteiger partial charge is 0.0870 e. The van der Waals surface area contributed by atoms with Gasteiger partial charge in [0.25, 0.3) is 0 Å². The Bertz CT molecular complexity index is 957. The van der Waals surface area contributed by atoms with Gasteiger partial charge in [-0.1, -0.05) is 0 Å². The maximum atomic E-state index is 4.63. The summed E-state index contributed by atoms with van der Waals surface area (Å²) >= 11 is 0. The number of aryl methyl sites for hydroxylation is 4. The SMILES string of the molecule is Cc1cc(C)nc(-c2ccc(-c3ccc(-c4cc(C)cc(C)n4)[nH]3)[nH]2)c1. The predicted octanol–water partition coefficient (Wildman–Crippen LogP) is 5.37. The van der Waals surface area contributed by atoms with Crippen LogP contribution in [0.25, 0.3) is 34.2 Å². The quantitative estimate of drug-likeness (QED) is 0.526. The average molecular weight is 342 g/mol. The molecule has 2 N–H and O–H groups in total. The summed E-state index contributed by atoms with van der Waals surface area (Å²) in [6.45, 7) is 8.23. The lowest BCUT2D eigenvalue weighted by Crippen LogP contribution is -1.90. The minimum Gasteiger partial charge on any atom is -0.352 e. The normalized spacial score (nSPS) is 11.1. The number of hydrogen-bond donors (Lipinski definition) is 2. The van der Waals surface area contributed by atoms with Gasteiger partial charge in [0, 0.05) is 11.4 Å². The monoisotopic (exact) mass is 342 g/mol. The lowest BCUT2D eigenvalue weighted by atomic mass is 10.2. The van der Waals surface area contributed by atoms with Gasteiger partial charge >= 0.3 is 0 Å². The average Bonchev–Trinajstić information content (AvgIpc) is 3.22. The zero-order valence-corrected chi connectivity index (χ0v) is 15.5. The van der Waals surface area contributed by atoms with Gasteiger partial charge < -0.3 is 9.97 Å². The molecule has 0 fully saturated rings. The predicted molar refractivity (Wildman–Crippen MR) is 106 cm³/mol. The fraction of sp³-hybridized carbons (Fsp3) is 0.182. The van der Waals surface area contributed by atoms with Crippen molar-refractivity contribution in [2.75, 3.05) is 0 Å². The number of H-pyrrole nitrogens is 2. The fourth-order valence-corrected chi connectivity index (χ4v) is 3.36. The maximum absolute atomic E-state index is 4.63. The van der Waals surface area contributed by atoms with Gasteiger partial charge in [-0.3, -0.25) is 9.97 Å². The first-order valence-electron chi connectivity index (χ1n) is 8.78. The van der Waals surface area contributed by atoms with E-state index in [1.807, 2.05) is 13.8 Å². The molecule has 0 aromatic carbocycles. The Morgan fingerprint density at radius 2 is 0.923 bits per heavy atom. The third-order valence-electron chi connectivity index (χ3n) is 4.41. The van der Waals surface area contributed by atoms with Gasteiger partial charge in [0.1, 0.15) is 0 Å². The zero-order valence-electron chi connectivity index (χ0n) is 15.5. The fourth-order valence-electron chi connectivity index (χ4n) is 3.36. The molecular formula is C22H22N4. The number of rotatable bonds is 3. The number of aromatic nitrogens is 4. The molecule has 0 unspecified atom stereocenters. The summed E-state index contributed by atoms with van der Waals surface area (Å²) in [6.07, 6.45) is 0. The Morgan fingerprint density at radius 3 is 1.31 bits per heavy atom. The molecule has 0 atom stereocenters. The van der Waals surface area contributed by atoms with Crippen LogP contribution in [-0.2, 0) is 0 Å². The minimum absolute atomic E-state index is 0.969. The molecule has 26 heavy (non-hydrogen) atoms. The number of pyridine rings is 2. The maximum Gasteiger partial charge on any atom is 0.0870 e. The van der Waals surface area contributed by atoms with Crippen molar-refractivity contribution < 1.29 is 0 Å². The summed E-state index contributed by atoms with van der Waals surface area (Å²) in [5, 5.41) is 0. The summed E-state index contributed by atoms with van der Waals surface area (Å²) in [5.74, 6) is 0. The third kappa shape index (κ3) is 3.18. The van der Waals surface area contributed by atoms with Crippen molar-refractivity contribution in [1.82, 2.24) is 19.9 Å². The van der Waals surface area contributed by atoms with E-state index in [1.54, 1.807) is 0 Å². The van der Waals surface area contributed by atoms with Crippen LogP contribution in [0.15, 0.2) is 48.5 Å². The van der Waals surface area contributed by atoms with Crippen LogP contribution in [0.4, 0.5) is 0 Å². The van der Waals surface area contributed by atoms with E-state index < -0.39 is 0 Å². The number of nitrogens with zero attached hydrogens (tertiary/aromatic N) is 2. The summed E-state index contributed by atoms with van der Waals surface area (Å²) < 4.78 is 0. The minimum atomic E-state index is 0.969. The first-order valence-corrected chi connectivity index (χ1v) is 8.78. The standard InChI is InChI=1S/C22H22N4/c1-13-9-15(3)23-21(11-13)19-7-5-17(25-19)18-6-8-20(26-18)22-12-14(2)10-16(4)24-22/h5-12,25-26H,1-4H3. The highest BCUT2D eigenvalue weighted by Crippen LogP contribution is 2.26. The number of hydrogen-bond acceptors (Lipinski definition) is 2. The Morgan fingerprint density at radius 1 is 0.538 bits per heavy atom. The van der Waals surface area contributed by atoms with E-state index in [-0.39, 0.29) is 0 Å². The van der Waals surface area contributed by atoms with Gasteiger partial charge in [-0.2, -0.15) is 0 Å². The second-order valence-electron chi connectivity index (χ2n) is 6.91. The van der Waals surface area contributed by atoms with Crippen LogP contribution >= 0.6 is 0 Å². The second kappa shape index (κ2) is 6.30. The van der Waals surface area contributed by atoms with Gasteiger partial charge in [0.2, 0.25) is 0 Å². The Balaban J connectivity index is 1.67. The summed E-state index contributed by atoms with van der Waals surface area (Å²) in [7, 11) is 0. The molecule has 130 valence electrons. The van der Waals surface area contributed by atoms with E-state index in [0.717, 1.165) is 45.6 Å². The van der Waals surface area contributed by atoms with Crippen molar-refractivity contribution in [3.05, 3.63) is 71.0 Å². The summed E-state index contributed by atoms with van der Waals surface area (Å²) in [5.41, 5.74) is 10.5. The van der Waals surface area contributed by atoms with E-state index in [4.69, 9.17) is 0 Å².